The third-order valence-electron chi connectivity index (χ3n) is 10.2. The van der Waals surface area contributed by atoms with Gasteiger partial charge in [-0.3, -0.25) is 14.7 Å². The lowest BCUT2D eigenvalue weighted by molar-refractivity contribution is -0.565. The van der Waals surface area contributed by atoms with Crippen molar-refractivity contribution in [1.29, 1.82) is 0 Å². The van der Waals surface area contributed by atoms with Crippen LogP contribution in [0.3, 0.4) is 0 Å². The highest BCUT2D eigenvalue weighted by Gasteiger charge is 2.39. The maximum absolute atomic E-state index is 13.1. The Bertz CT molecular complexity index is 788. The third-order valence-corrected chi connectivity index (χ3v) is 10.2. The number of hydrogen-bond donors (Lipinski definition) is 2. The number of amides is 1. The Morgan fingerprint density at radius 2 is 1.11 bits per heavy atom. The molecule has 0 saturated heterocycles. The summed E-state index contributed by atoms with van der Waals surface area (Å²) < 4.78 is 2.47. The third kappa shape index (κ3) is 22.9. The van der Waals surface area contributed by atoms with Gasteiger partial charge in [0.1, 0.15) is 19.1 Å². The smallest absolute Gasteiger partial charge is 0.232 e. The van der Waals surface area contributed by atoms with E-state index in [0.29, 0.717) is 12.5 Å². The molecule has 1 rings (SSSR count). The van der Waals surface area contributed by atoms with Crippen molar-refractivity contribution < 1.29 is 9.37 Å². The lowest BCUT2D eigenvalue weighted by Crippen LogP contribution is -2.58. The van der Waals surface area contributed by atoms with Crippen molar-refractivity contribution in [2.24, 2.45) is 0 Å². The molecule has 1 aliphatic rings. The van der Waals surface area contributed by atoms with Gasteiger partial charge in [0.15, 0.2) is 0 Å². The van der Waals surface area contributed by atoms with Gasteiger partial charge < -0.3 is 5.32 Å². The maximum atomic E-state index is 13.1. The molecule has 0 spiro atoms. The fourth-order valence-corrected chi connectivity index (χ4v) is 6.91. The van der Waals surface area contributed by atoms with Crippen molar-refractivity contribution in [1.82, 2.24) is 10.6 Å². The minimum Gasteiger partial charge on any atom is -0.347 e. The number of carbonyl (C=O) groups is 1. The molecule has 4 nitrogen and oxygen atoms in total. The number of nitrogens with one attached hydrogen (secondary N) is 2. The van der Waals surface area contributed by atoms with Crippen molar-refractivity contribution in [3.63, 3.8) is 0 Å². The van der Waals surface area contributed by atoms with Crippen LogP contribution >= 0.6 is 0 Å². The summed E-state index contributed by atoms with van der Waals surface area (Å²) in [4.78, 5) is 13.1. The summed E-state index contributed by atoms with van der Waals surface area (Å²) in [6.45, 7) is 11.1. The lowest BCUT2D eigenvalue weighted by atomic mass is 9.84. The van der Waals surface area contributed by atoms with Crippen molar-refractivity contribution in [3.8, 4) is 0 Å². The quantitative estimate of drug-likeness (QED) is 0.0425. The van der Waals surface area contributed by atoms with Crippen LogP contribution in [0.2, 0.25) is 0 Å². The second-order valence-electron chi connectivity index (χ2n) is 14.5. The van der Waals surface area contributed by atoms with Gasteiger partial charge in [-0.05, 0) is 84.0 Å². The highest BCUT2D eigenvalue weighted by atomic mass is 16.1. The molecular formula is C42H80N3O+. The summed E-state index contributed by atoms with van der Waals surface area (Å²) >= 11 is 0. The topological polar surface area (TPSA) is 44.1 Å². The van der Waals surface area contributed by atoms with E-state index >= 15 is 0 Å². The summed E-state index contributed by atoms with van der Waals surface area (Å²) in [6.07, 6.45) is 47.2. The molecule has 2 unspecified atom stereocenters. The van der Waals surface area contributed by atoms with Crippen LogP contribution in [0.5, 0.6) is 0 Å². The summed E-state index contributed by atoms with van der Waals surface area (Å²) in [6, 6.07) is 0.350. The van der Waals surface area contributed by atoms with Crippen molar-refractivity contribution in [2.75, 3.05) is 13.1 Å². The summed E-state index contributed by atoms with van der Waals surface area (Å²) in [5.41, 5.74) is -0.194. The van der Waals surface area contributed by atoms with Gasteiger partial charge in [0, 0.05) is 6.42 Å². The van der Waals surface area contributed by atoms with E-state index in [0.717, 1.165) is 32.4 Å². The van der Waals surface area contributed by atoms with Gasteiger partial charge in [0.05, 0.1) is 5.54 Å². The molecule has 2 atom stereocenters. The van der Waals surface area contributed by atoms with Crippen LogP contribution in [0.1, 0.15) is 207 Å². The first-order valence-corrected chi connectivity index (χ1v) is 20.5. The van der Waals surface area contributed by atoms with E-state index in [1.54, 1.807) is 0 Å². The molecule has 1 heterocycles. The van der Waals surface area contributed by atoms with Gasteiger partial charge in [-0.15, -0.1) is 0 Å². The number of rotatable bonds is 33. The second kappa shape index (κ2) is 30.7. The predicted molar refractivity (Wildman–Crippen MR) is 204 cm³/mol. The monoisotopic (exact) mass is 643 g/mol. The average Bonchev–Trinajstić information content (AvgIpc) is 3.59. The molecule has 1 aliphatic heterocycles. The molecule has 268 valence electrons. The van der Waals surface area contributed by atoms with E-state index in [2.05, 4.69) is 73.5 Å². The zero-order valence-corrected chi connectivity index (χ0v) is 31.5. The Hall–Kier alpha value is -1.58. The summed E-state index contributed by atoms with van der Waals surface area (Å²) in [7, 11) is 0. The Kier molecular flexibility index (Phi) is 28.4. The van der Waals surface area contributed by atoms with Crippen LogP contribution in [-0.2, 0) is 4.79 Å². The fraction of sp³-hybridized carbons (Fsp3) is 0.857. The van der Waals surface area contributed by atoms with E-state index in [9.17, 15) is 4.79 Å². The molecule has 0 aromatic heterocycles. The van der Waals surface area contributed by atoms with Crippen LogP contribution in [0.25, 0.3) is 0 Å². The zero-order chi connectivity index (χ0) is 33.4. The molecule has 0 radical (unpaired) electrons. The van der Waals surface area contributed by atoms with E-state index in [-0.39, 0.29) is 11.4 Å². The molecule has 1 amide bonds. The lowest BCUT2D eigenvalue weighted by Gasteiger charge is -2.37. The fourth-order valence-electron chi connectivity index (χ4n) is 6.91. The van der Waals surface area contributed by atoms with Gasteiger partial charge in [-0.1, -0.05) is 141 Å². The molecule has 0 fully saturated rings. The van der Waals surface area contributed by atoms with Gasteiger partial charge in [-0.25, -0.2) is 0 Å². The van der Waals surface area contributed by atoms with E-state index < -0.39 is 0 Å². The predicted octanol–water partition coefficient (Wildman–Crippen LogP) is 12.0. The first-order valence-electron chi connectivity index (χ1n) is 20.5. The number of hydrogen-bond acceptors (Lipinski definition) is 2. The highest BCUT2D eigenvalue weighted by molar-refractivity contribution is 5.76. The molecule has 46 heavy (non-hydrogen) atoms. The number of allylic oxidation sites excluding steroid dienone is 4. The molecule has 0 aliphatic carbocycles. The minimum atomic E-state index is -0.194. The summed E-state index contributed by atoms with van der Waals surface area (Å²) in [5, 5.41) is 6.94. The van der Waals surface area contributed by atoms with Gasteiger partial charge >= 0.3 is 0 Å². The number of unbranched alkanes of at least 4 members (excludes halogenated alkanes) is 21. The number of carbonyl (C=O) groups excluding carboxylic acids is 1. The molecule has 2 N–H and O–H groups in total. The van der Waals surface area contributed by atoms with E-state index in [4.69, 9.17) is 0 Å². The van der Waals surface area contributed by atoms with E-state index in [1.807, 2.05) is 0 Å². The Labute approximate surface area is 288 Å². The van der Waals surface area contributed by atoms with Crippen LogP contribution in [0.15, 0.2) is 24.3 Å². The molecule has 4 heteroatoms. The minimum absolute atomic E-state index is 0.194. The van der Waals surface area contributed by atoms with Crippen LogP contribution in [0.4, 0.5) is 0 Å². The normalized spacial score (nSPS) is 15.3. The Morgan fingerprint density at radius 3 is 1.54 bits per heavy atom. The number of nitrogens with zero attached hydrogens (tertiary/aromatic N) is 1. The SMILES string of the molecule is CCCCCCCCC=CCCCCCCCC(=O)NC(C)(CC)C(CCCCCCC=CCCCCCCCC)[N+]1=CNCC1. The first-order chi connectivity index (χ1) is 22.6. The molecule has 0 saturated carbocycles. The Morgan fingerprint density at radius 1 is 0.674 bits per heavy atom. The highest BCUT2D eigenvalue weighted by Crippen LogP contribution is 2.24. The van der Waals surface area contributed by atoms with Crippen molar-refractivity contribution in [3.05, 3.63) is 24.3 Å². The van der Waals surface area contributed by atoms with Crippen molar-refractivity contribution >= 4 is 12.2 Å². The van der Waals surface area contributed by atoms with E-state index in [1.165, 1.54) is 154 Å². The summed E-state index contributed by atoms with van der Waals surface area (Å²) in [5.74, 6) is 0.242. The molecule has 0 aromatic carbocycles. The molecule has 0 bridgehead atoms. The van der Waals surface area contributed by atoms with Gasteiger partial charge in [0.25, 0.3) is 0 Å². The van der Waals surface area contributed by atoms with Crippen LogP contribution in [-0.4, -0.2) is 41.5 Å². The average molecular weight is 643 g/mol. The first kappa shape index (κ1) is 42.4. The maximum Gasteiger partial charge on any atom is 0.232 e. The second-order valence-corrected chi connectivity index (χ2v) is 14.5. The largest absolute Gasteiger partial charge is 0.347 e. The zero-order valence-electron chi connectivity index (χ0n) is 31.5. The van der Waals surface area contributed by atoms with Gasteiger partial charge in [-0.2, -0.15) is 0 Å². The molecule has 0 aromatic rings. The standard InChI is InChI=1S/C42H79N3O/c1-5-8-10-12-14-16-18-20-22-24-26-28-30-32-34-36-41(46)44-42(4,7-3)40(45-38-37-43-39-45)35-33-31-29-27-25-23-21-19-17-15-13-11-9-6-2/h20-23,39-40H,5-19,24-38H2,1-4H3,(H,44,46)/p+1. The van der Waals surface area contributed by atoms with Gasteiger partial charge in [0.2, 0.25) is 12.2 Å². The molecular weight excluding hydrogens is 562 g/mol. The van der Waals surface area contributed by atoms with Crippen molar-refractivity contribution in [2.45, 2.75) is 219 Å². The van der Waals surface area contributed by atoms with Crippen LogP contribution in [0, 0.1) is 0 Å². The van der Waals surface area contributed by atoms with Crippen LogP contribution < -0.4 is 10.6 Å². The Balaban J connectivity index is 2.23.